The zero-order valence-electron chi connectivity index (χ0n) is 18.5. The first-order valence-electron chi connectivity index (χ1n) is 10.5. The predicted molar refractivity (Wildman–Crippen MR) is 129 cm³/mol. The van der Waals surface area contributed by atoms with Gasteiger partial charge in [-0.2, -0.15) is 4.98 Å². The molecule has 13 heteroatoms. The number of nitrogens with one attached hydrogen (secondary N) is 1. The third-order valence-electron chi connectivity index (χ3n) is 4.91. The van der Waals surface area contributed by atoms with Crippen LogP contribution in [0.5, 0.6) is 11.6 Å². The quantitative estimate of drug-likeness (QED) is 0.304. The largest absolute Gasteiger partial charge is 0.476 e. The lowest BCUT2D eigenvalue weighted by atomic mass is 10.2. The molecule has 3 N–H and O–H groups in total. The number of nitrogens with zero attached hydrogens (tertiary/aromatic N) is 5. The molecule has 0 fully saturated rings. The van der Waals surface area contributed by atoms with Gasteiger partial charge in [-0.05, 0) is 42.0 Å². The molecule has 0 bridgehead atoms. The molecule has 36 heavy (non-hydrogen) atoms. The smallest absolute Gasteiger partial charge is 0.356 e. The van der Waals surface area contributed by atoms with E-state index in [1.54, 1.807) is 48.5 Å². The SMILES string of the molecule is O=C(O)c1cnc(Oc2ccc(Nc3nc(=O)n(CCO)c(=O)n3Cc3ccc(Cl)cc3)cc2)cn1. The van der Waals surface area contributed by atoms with Crippen molar-refractivity contribution < 1.29 is 19.7 Å². The van der Waals surface area contributed by atoms with E-state index in [-0.39, 0.29) is 30.6 Å². The van der Waals surface area contributed by atoms with E-state index in [1.807, 2.05) is 0 Å². The Balaban J connectivity index is 1.59. The van der Waals surface area contributed by atoms with Gasteiger partial charge >= 0.3 is 17.3 Å². The van der Waals surface area contributed by atoms with Crippen LogP contribution in [0.1, 0.15) is 16.1 Å². The molecule has 4 aromatic rings. The van der Waals surface area contributed by atoms with Crippen molar-refractivity contribution in [1.29, 1.82) is 0 Å². The topological polar surface area (TPSA) is 161 Å². The van der Waals surface area contributed by atoms with Gasteiger partial charge in [0.15, 0.2) is 5.69 Å². The molecule has 184 valence electrons. The molecule has 2 aromatic heterocycles. The number of carbonyl (C=O) groups is 1. The summed E-state index contributed by atoms with van der Waals surface area (Å²) in [6.07, 6.45) is 2.27. The lowest BCUT2D eigenvalue weighted by Gasteiger charge is -2.15. The number of anilines is 2. The Morgan fingerprint density at radius 2 is 1.72 bits per heavy atom. The zero-order valence-corrected chi connectivity index (χ0v) is 19.3. The number of hydrogen-bond acceptors (Lipinski definition) is 9. The predicted octanol–water partition coefficient (Wildman–Crippen LogP) is 2.12. The highest BCUT2D eigenvalue weighted by Crippen LogP contribution is 2.22. The Morgan fingerprint density at radius 1 is 1.00 bits per heavy atom. The number of aromatic carboxylic acids is 1. The number of ether oxygens (including phenoxy) is 1. The number of carboxylic acids is 1. The molecule has 2 aromatic carbocycles. The summed E-state index contributed by atoms with van der Waals surface area (Å²) in [5.41, 5.74) is -0.387. The highest BCUT2D eigenvalue weighted by molar-refractivity contribution is 6.30. The molecule has 0 spiro atoms. The number of halogens is 1. The maximum Gasteiger partial charge on any atom is 0.356 e. The minimum atomic E-state index is -1.20. The monoisotopic (exact) mass is 510 g/mol. The summed E-state index contributed by atoms with van der Waals surface area (Å²) >= 11 is 5.95. The van der Waals surface area contributed by atoms with Crippen molar-refractivity contribution in [2.45, 2.75) is 13.1 Å². The fraction of sp³-hybridized carbons (Fsp3) is 0.130. The van der Waals surface area contributed by atoms with Crippen LogP contribution in [0.4, 0.5) is 11.6 Å². The van der Waals surface area contributed by atoms with Gasteiger partial charge in [0.1, 0.15) is 5.75 Å². The first-order chi connectivity index (χ1) is 17.3. The first-order valence-corrected chi connectivity index (χ1v) is 10.9. The Morgan fingerprint density at radius 3 is 2.33 bits per heavy atom. The van der Waals surface area contributed by atoms with Crippen LogP contribution in [0, 0.1) is 0 Å². The van der Waals surface area contributed by atoms with Crippen molar-refractivity contribution in [3.8, 4) is 11.6 Å². The van der Waals surface area contributed by atoms with Crippen LogP contribution in [0.15, 0.2) is 70.5 Å². The second kappa shape index (κ2) is 10.8. The fourth-order valence-electron chi connectivity index (χ4n) is 3.17. The lowest BCUT2D eigenvalue weighted by Crippen LogP contribution is -2.43. The van der Waals surface area contributed by atoms with Crippen LogP contribution in [-0.4, -0.2) is 46.9 Å². The van der Waals surface area contributed by atoms with Gasteiger partial charge in [0.2, 0.25) is 11.8 Å². The average molecular weight is 511 g/mol. The highest BCUT2D eigenvalue weighted by Gasteiger charge is 2.14. The zero-order chi connectivity index (χ0) is 25.7. The van der Waals surface area contributed by atoms with E-state index in [9.17, 15) is 19.5 Å². The lowest BCUT2D eigenvalue weighted by molar-refractivity contribution is 0.0690. The Kier molecular flexibility index (Phi) is 7.37. The molecular formula is C23H19ClN6O6. The van der Waals surface area contributed by atoms with Crippen LogP contribution in [0.25, 0.3) is 0 Å². The van der Waals surface area contributed by atoms with E-state index in [1.165, 1.54) is 10.8 Å². The summed E-state index contributed by atoms with van der Waals surface area (Å²) < 4.78 is 7.70. The molecule has 0 atom stereocenters. The average Bonchev–Trinajstić information content (AvgIpc) is 2.87. The Hall–Kier alpha value is -4.55. The van der Waals surface area contributed by atoms with Crippen molar-refractivity contribution in [1.82, 2.24) is 24.1 Å². The molecule has 4 rings (SSSR count). The van der Waals surface area contributed by atoms with E-state index in [4.69, 9.17) is 21.4 Å². The van der Waals surface area contributed by atoms with Crippen molar-refractivity contribution in [2.75, 3.05) is 11.9 Å². The maximum absolute atomic E-state index is 13.0. The van der Waals surface area contributed by atoms with Crippen molar-refractivity contribution in [3.63, 3.8) is 0 Å². The van der Waals surface area contributed by atoms with Gasteiger partial charge in [-0.1, -0.05) is 23.7 Å². The number of hydrogen-bond donors (Lipinski definition) is 3. The molecule has 0 amide bonds. The third-order valence-corrected chi connectivity index (χ3v) is 5.16. The van der Waals surface area contributed by atoms with Crippen LogP contribution in [-0.2, 0) is 13.1 Å². The number of aliphatic hydroxyl groups excluding tert-OH is 1. The molecule has 0 unspecified atom stereocenters. The molecule has 12 nitrogen and oxygen atoms in total. The third kappa shape index (κ3) is 5.74. The van der Waals surface area contributed by atoms with E-state index < -0.39 is 24.0 Å². The standard InChI is InChI=1S/C23H19ClN6O6/c24-15-3-1-14(2-4-15)13-30-21(28-22(34)29(9-10-31)23(30)35)27-16-5-7-17(8-6-16)36-19-12-25-18(11-26-19)20(32)33/h1-8,11-12,31H,9-10,13H2,(H,32,33)(H,27,28,34). The summed E-state index contributed by atoms with van der Waals surface area (Å²) in [5.74, 6) is -0.691. The number of rotatable bonds is 9. The van der Waals surface area contributed by atoms with Crippen molar-refractivity contribution in [2.24, 2.45) is 0 Å². The normalized spacial score (nSPS) is 10.7. The van der Waals surface area contributed by atoms with Crippen molar-refractivity contribution in [3.05, 3.63) is 98.2 Å². The van der Waals surface area contributed by atoms with Gasteiger partial charge in [-0.25, -0.2) is 28.9 Å². The van der Waals surface area contributed by atoms with E-state index in [0.29, 0.717) is 16.5 Å². The van der Waals surface area contributed by atoms with Gasteiger partial charge < -0.3 is 20.3 Å². The van der Waals surface area contributed by atoms with Crippen LogP contribution in [0.2, 0.25) is 5.02 Å². The summed E-state index contributed by atoms with van der Waals surface area (Å²) in [7, 11) is 0. The number of carboxylic acid groups (broad SMARTS) is 1. The minimum absolute atomic E-state index is 0.0120. The second-order valence-electron chi connectivity index (χ2n) is 7.38. The van der Waals surface area contributed by atoms with Gasteiger partial charge in [0.25, 0.3) is 0 Å². The Bertz CT molecular complexity index is 1480. The number of benzene rings is 2. The summed E-state index contributed by atoms with van der Waals surface area (Å²) in [6, 6.07) is 13.3. The fourth-order valence-corrected chi connectivity index (χ4v) is 3.29. The van der Waals surface area contributed by atoms with Gasteiger partial charge in [0, 0.05) is 10.7 Å². The van der Waals surface area contributed by atoms with Crippen molar-refractivity contribution >= 4 is 29.2 Å². The molecule has 0 aliphatic heterocycles. The molecule has 0 aliphatic rings. The van der Waals surface area contributed by atoms with E-state index >= 15 is 0 Å². The molecule has 0 saturated carbocycles. The summed E-state index contributed by atoms with van der Waals surface area (Å²) in [5, 5.41) is 21.6. The van der Waals surface area contributed by atoms with Crippen LogP contribution in [0.3, 0.4) is 0 Å². The van der Waals surface area contributed by atoms with Gasteiger partial charge in [0.05, 0.1) is 32.1 Å². The summed E-state index contributed by atoms with van der Waals surface area (Å²) in [4.78, 5) is 47.9. The molecule has 0 aliphatic carbocycles. The van der Waals surface area contributed by atoms with E-state index in [0.717, 1.165) is 16.3 Å². The van der Waals surface area contributed by atoms with Crippen LogP contribution >= 0.6 is 11.6 Å². The molecule has 2 heterocycles. The second-order valence-corrected chi connectivity index (χ2v) is 7.82. The van der Waals surface area contributed by atoms with Gasteiger partial charge in [-0.3, -0.25) is 4.57 Å². The molecular weight excluding hydrogens is 492 g/mol. The molecule has 0 radical (unpaired) electrons. The first kappa shape index (κ1) is 24.6. The van der Waals surface area contributed by atoms with Crippen LogP contribution < -0.4 is 21.4 Å². The number of aliphatic hydroxyl groups is 1. The number of aromatic nitrogens is 5. The Labute approximate surface area is 208 Å². The minimum Gasteiger partial charge on any atom is -0.476 e. The molecule has 0 saturated heterocycles. The van der Waals surface area contributed by atoms with E-state index in [2.05, 4.69) is 20.3 Å². The maximum atomic E-state index is 13.0. The van der Waals surface area contributed by atoms with Gasteiger partial charge in [-0.15, -0.1) is 0 Å². The highest BCUT2D eigenvalue weighted by atomic mass is 35.5. The summed E-state index contributed by atoms with van der Waals surface area (Å²) in [6.45, 7) is -0.480.